The highest BCUT2D eigenvalue weighted by molar-refractivity contribution is 5.97. The minimum atomic E-state index is -0.343. The number of aryl methyl sites for hydroxylation is 1. The number of hydrogen-bond donors (Lipinski definition) is 1. The van der Waals surface area contributed by atoms with Crippen LogP contribution >= 0.6 is 0 Å². The lowest BCUT2D eigenvalue weighted by molar-refractivity contribution is 0.197. The number of halogens is 1. The van der Waals surface area contributed by atoms with Gasteiger partial charge in [0.05, 0.1) is 6.04 Å². The average molecular weight is 579 g/mol. The summed E-state index contributed by atoms with van der Waals surface area (Å²) < 4.78 is 28.0. The van der Waals surface area contributed by atoms with Gasteiger partial charge in [-0.3, -0.25) is 0 Å². The predicted octanol–water partition coefficient (Wildman–Crippen LogP) is 8.96. The third kappa shape index (κ3) is 4.56. The van der Waals surface area contributed by atoms with Crippen molar-refractivity contribution in [3.05, 3.63) is 143 Å². The molecule has 2 aliphatic rings. The van der Waals surface area contributed by atoms with Gasteiger partial charge in [0.25, 0.3) is 0 Å². The molecule has 0 bridgehead atoms. The summed E-state index contributed by atoms with van der Waals surface area (Å²) >= 11 is 0. The molecule has 2 heterocycles. The van der Waals surface area contributed by atoms with Gasteiger partial charge >= 0.3 is 0 Å². The highest BCUT2D eigenvalue weighted by Gasteiger charge is 2.37. The van der Waals surface area contributed by atoms with Crippen LogP contribution in [0.15, 0.2) is 120 Å². The first-order valence-electron chi connectivity index (χ1n) is 14.6. The monoisotopic (exact) mass is 578 g/mol. The second-order valence-electron chi connectivity index (χ2n) is 11.3. The number of aliphatic imine (C=N–C) groups is 1. The van der Waals surface area contributed by atoms with Crippen LogP contribution in [-0.2, 0) is 11.2 Å². The van der Waals surface area contributed by atoms with Crippen molar-refractivity contribution in [2.45, 2.75) is 25.5 Å². The minimum Gasteiger partial charge on any atom is -0.506 e. The molecule has 0 saturated carbocycles. The maximum absolute atomic E-state index is 15.0. The maximum Gasteiger partial charge on any atom is 0.219 e. The zero-order valence-electron chi connectivity index (χ0n) is 23.9. The number of aromatic hydroxyl groups is 1. The molecule has 214 valence electrons. The van der Waals surface area contributed by atoms with Crippen molar-refractivity contribution in [2.75, 3.05) is 0 Å². The molecule has 0 saturated heterocycles. The largest absolute Gasteiger partial charge is 0.506 e. The van der Waals surface area contributed by atoms with Crippen molar-refractivity contribution in [1.29, 1.82) is 0 Å². The summed E-state index contributed by atoms with van der Waals surface area (Å²) in [6.07, 6.45) is 0.475. The average Bonchev–Trinajstić information content (AvgIpc) is 3.40. The van der Waals surface area contributed by atoms with E-state index in [1.54, 1.807) is 36.4 Å². The zero-order chi connectivity index (χ0) is 29.8. The molecule has 0 unspecified atom stereocenters. The van der Waals surface area contributed by atoms with Crippen LogP contribution in [-0.4, -0.2) is 22.0 Å². The number of benzene rings is 5. The fourth-order valence-electron chi connectivity index (χ4n) is 6.34. The molecule has 5 nitrogen and oxygen atoms in total. The molecular formula is C38H27FN2O3. The summed E-state index contributed by atoms with van der Waals surface area (Å²) in [5.41, 5.74) is 7.80. The van der Waals surface area contributed by atoms with Gasteiger partial charge in [0.2, 0.25) is 11.8 Å². The number of ether oxygens (including phenoxy) is 2. The van der Waals surface area contributed by atoms with Gasteiger partial charge in [0, 0.05) is 28.1 Å². The molecule has 6 heteroatoms. The number of rotatable bonds is 4. The number of phenolic OH excluding ortho intramolecular Hbond substituents is 1. The van der Waals surface area contributed by atoms with Crippen LogP contribution < -0.4 is 4.74 Å². The van der Waals surface area contributed by atoms with Gasteiger partial charge in [-0.25, -0.2) is 14.4 Å². The molecule has 8 rings (SSSR count). The smallest absolute Gasteiger partial charge is 0.219 e. The Labute approximate surface area is 253 Å². The maximum atomic E-state index is 15.0. The van der Waals surface area contributed by atoms with Crippen LogP contribution in [0.4, 0.5) is 4.39 Å². The Balaban J connectivity index is 1.22. The summed E-state index contributed by atoms with van der Waals surface area (Å²) in [6, 6.07) is 36.0. The molecule has 0 radical (unpaired) electrons. The van der Waals surface area contributed by atoms with Crippen LogP contribution in [0.5, 0.6) is 17.4 Å². The van der Waals surface area contributed by atoms with E-state index < -0.39 is 0 Å². The molecule has 6 aromatic rings. The van der Waals surface area contributed by atoms with Crippen molar-refractivity contribution in [3.8, 4) is 39.6 Å². The van der Waals surface area contributed by atoms with Gasteiger partial charge in [-0.2, -0.15) is 0 Å². The number of hydrogen-bond acceptors (Lipinski definition) is 5. The third-order valence-electron chi connectivity index (χ3n) is 8.33. The number of fused-ring (bicyclic) bond motifs is 6. The molecule has 44 heavy (non-hydrogen) atoms. The summed E-state index contributed by atoms with van der Waals surface area (Å²) in [5, 5.41) is 11.3. The lowest BCUT2D eigenvalue weighted by atomic mass is 9.96. The molecule has 0 spiro atoms. The van der Waals surface area contributed by atoms with Crippen LogP contribution in [0, 0.1) is 12.7 Å². The number of pyridine rings is 1. The third-order valence-corrected chi connectivity index (χ3v) is 8.33. The van der Waals surface area contributed by atoms with E-state index in [1.807, 2.05) is 37.3 Å². The fraction of sp³-hybridized carbons (Fsp3) is 0.105. The van der Waals surface area contributed by atoms with E-state index in [2.05, 4.69) is 47.4 Å². The molecule has 0 fully saturated rings. The van der Waals surface area contributed by atoms with Crippen molar-refractivity contribution in [1.82, 2.24) is 4.98 Å². The van der Waals surface area contributed by atoms with E-state index in [0.29, 0.717) is 39.7 Å². The second kappa shape index (κ2) is 10.3. The Bertz CT molecular complexity index is 2120. The van der Waals surface area contributed by atoms with Gasteiger partial charge in [-0.1, -0.05) is 66.7 Å². The second-order valence-corrected chi connectivity index (χ2v) is 11.3. The van der Waals surface area contributed by atoms with E-state index in [1.165, 1.54) is 17.2 Å². The van der Waals surface area contributed by atoms with E-state index in [9.17, 15) is 5.11 Å². The first-order valence-corrected chi connectivity index (χ1v) is 14.6. The quantitative estimate of drug-likeness (QED) is 0.227. The lowest BCUT2D eigenvalue weighted by Gasteiger charge is -2.18. The van der Waals surface area contributed by atoms with Gasteiger partial charge < -0.3 is 14.6 Å². The standard InChI is InChI=1S/C38H27FN2O3/c1-22-16-24-14-15-35(41-36(24)34(42)17-22)43-27-19-25(29-10-6-7-13-32(29)39)18-26(20-27)38-40-33-21-23-8-2-3-9-28(23)30-11-4-5-12-31(30)37(33)44-38/h2-20,33,37,42H,21H2,1H3/t33-,37+/m0/s1. The molecule has 0 amide bonds. The Morgan fingerprint density at radius 3 is 2.41 bits per heavy atom. The fourth-order valence-corrected chi connectivity index (χ4v) is 6.34. The highest BCUT2D eigenvalue weighted by atomic mass is 19.1. The number of aromatic nitrogens is 1. The molecule has 2 atom stereocenters. The van der Waals surface area contributed by atoms with Crippen molar-refractivity contribution < 1.29 is 19.0 Å². The van der Waals surface area contributed by atoms with Crippen molar-refractivity contribution in [3.63, 3.8) is 0 Å². The molecule has 1 aliphatic heterocycles. The van der Waals surface area contributed by atoms with Crippen LogP contribution in [0.2, 0.25) is 0 Å². The Hall–Kier alpha value is -5.49. The van der Waals surface area contributed by atoms with Crippen molar-refractivity contribution in [2.24, 2.45) is 4.99 Å². The molecule has 1 N–H and O–H groups in total. The molecule has 1 aromatic heterocycles. The predicted molar refractivity (Wildman–Crippen MR) is 170 cm³/mol. The molecular weight excluding hydrogens is 551 g/mol. The van der Waals surface area contributed by atoms with E-state index in [4.69, 9.17) is 14.5 Å². The van der Waals surface area contributed by atoms with Gasteiger partial charge in [-0.05, 0) is 83.6 Å². The zero-order valence-corrected chi connectivity index (χ0v) is 23.9. The molecule has 5 aromatic carbocycles. The first-order chi connectivity index (χ1) is 21.5. The van der Waals surface area contributed by atoms with E-state index in [-0.39, 0.29) is 23.7 Å². The molecule has 1 aliphatic carbocycles. The van der Waals surface area contributed by atoms with Crippen molar-refractivity contribution >= 4 is 16.8 Å². The van der Waals surface area contributed by atoms with Gasteiger partial charge in [0.1, 0.15) is 28.9 Å². The van der Waals surface area contributed by atoms with E-state index in [0.717, 1.165) is 28.5 Å². The Morgan fingerprint density at radius 2 is 1.55 bits per heavy atom. The Morgan fingerprint density at radius 1 is 0.795 bits per heavy atom. The SMILES string of the molecule is Cc1cc(O)c2nc(Oc3cc(C4=N[C@H]5Cc6ccccc6-c6ccccc6[C@H]5O4)cc(-c4ccccc4F)c3)ccc2c1. The van der Waals surface area contributed by atoms with Crippen LogP contribution in [0.1, 0.15) is 28.4 Å². The number of phenols is 1. The summed E-state index contributed by atoms with van der Waals surface area (Å²) in [7, 11) is 0. The van der Waals surface area contributed by atoms with Crippen LogP contribution in [0.25, 0.3) is 33.2 Å². The lowest BCUT2D eigenvalue weighted by Crippen LogP contribution is -2.15. The highest BCUT2D eigenvalue weighted by Crippen LogP contribution is 2.43. The summed E-state index contributed by atoms with van der Waals surface area (Å²) in [5.74, 6) is 0.975. The Kier molecular flexibility index (Phi) is 6.15. The normalized spacial score (nSPS) is 16.7. The topological polar surface area (TPSA) is 63.9 Å². The first kappa shape index (κ1) is 26.2. The summed E-state index contributed by atoms with van der Waals surface area (Å²) in [4.78, 5) is 9.67. The van der Waals surface area contributed by atoms with E-state index >= 15 is 4.39 Å². The number of nitrogens with zero attached hydrogens (tertiary/aromatic N) is 2. The minimum absolute atomic E-state index is 0.0836. The van der Waals surface area contributed by atoms with Gasteiger partial charge in [-0.15, -0.1) is 0 Å². The summed E-state index contributed by atoms with van der Waals surface area (Å²) in [6.45, 7) is 1.92. The van der Waals surface area contributed by atoms with Gasteiger partial charge in [0.15, 0.2) is 0 Å². The van der Waals surface area contributed by atoms with Crippen LogP contribution in [0.3, 0.4) is 0 Å².